The summed E-state index contributed by atoms with van der Waals surface area (Å²) >= 11 is 0. The van der Waals surface area contributed by atoms with Crippen LogP contribution in [0.3, 0.4) is 0 Å². The van der Waals surface area contributed by atoms with Gasteiger partial charge in [-0.15, -0.1) is 0 Å². The summed E-state index contributed by atoms with van der Waals surface area (Å²) < 4.78 is 0. The van der Waals surface area contributed by atoms with E-state index < -0.39 is 6.10 Å². The molecule has 0 radical (unpaired) electrons. The molecule has 5 nitrogen and oxygen atoms in total. The highest BCUT2D eigenvalue weighted by atomic mass is 16.3. The number of nitrogens with one attached hydrogen (secondary N) is 2. The van der Waals surface area contributed by atoms with Gasteiger partial charge in [0.1, 0.15) is 0 Å². The molecule has 1 aromatic heterocycles. The molecule has 0 spiro atoms. The van der Waals surface area contributed by atoms with E-state index in [2.05, 4.69) is 27.8 Å². The van der Waals surface area contributed by atoms with Crippen molar-refractivity contribution in [2.45, 2.75) is 44.4 Å². The molecule has 0 fully saturated rings. The molecule has 0 saturated heterocycles. The van der Waals surface area contributed by atoms with Crippen LogP contribution in [0.2, 0.25) is 0 Å². The van der Waals surface area contributed by atoms with E-state index in [9.17, 15) is 9.90 Å². The second kappa shape index (κ2) is 11.7. The van der Waals surface area contributed by atoms with Crippen molar-refractivity contribution in [2.24, 2.45) is 0 Å². The lowest BCUT2D eigenvalue weighted by Gasteiger charge is -2.22. The summed E-state index contributed by atoms with van der Waals surface area (Å²) in [6, 6.07) is 23.3. The van der Waals surface area contributed by atoms with Gasteiger partial charge in [0.2, 0.25) is 0 Å². The minimum atomic E-state index is -0.488. The standard InChI is InChI=1S/C25H29N3O2/c29-23(15-7-11-20-9-3-1-4-10-20)17-24(22-13-5-2-6-14-22)28-25(30)27-19-21-12-8-16-26-18-21/h1-6,8-10,12-14,16,18,23-24,29H,7,11,15,17,19H2,(H2,27,28,30)/t23-,24?/m0/s1. The van der Waals surface area contributed by atoms with Gasteiger partial charge in [0, 0.05) is 18.9 Å². The quantitative estimate of drug-likeness (QED) is 0.470. The molecule has 2 aromatic carbocycles. The fraction of sp³-hybridized carbons (Fsp3) is 0.280. The first-order chi connectivity index (χ1) is 14.7. The van der Waals surface area contributed by atoms with Crippen LogP contribution in [0.25, 0.3) is 0 Å². The summed E-state index contributed by atoms with van der Waals surface area (Å²) in [5.41, 5.74) is 3.19. The molecule has 0 bridgehead atoms. The zero-order valence-electron chi connectivity index (χ0n) is 17.1. The molecule has 1 unspecified atom stereocenters. The Labute approximate surface area is 178 Å². The van der Waals surface area contributed by atoms with E-state index >= 15 is 0 Å². The predicted molar refractivity (Wildman–Crippen MR) is 119 cm³/mol. The zero-order chi connectivity index (χ0) is 21.0. The lowest BCUT2D eigenvalue weighted by atomic mass is 9.97. The fourth-order valence-corrected chi connectivity index (χ4v) is 3.43. The van der Waals surface area contributed by atoms with Crippen molar-refractivity contribution in [3.8, 4) is 0 Å². The van der Waals surface area contributed by atoms with Crippen molar-refractivity contribution < 1.29 is 9.90 Å². The highest BCUT2D eigenvalue weighted by Gasteiger charge is 2.18. The van der Waals surface area contributed by atoms with E-state index in [1.54, 1.807) is 12.4 Å². The van der Waals surface area contributed by atoms with Crippen molar-refractivity contribution in [3.05, 3.63) is 102 Å². The second-order valence-electron chi connectivity index (χ2n) is 7.42. The molecule has 2 atom stereocenters. The lowest BCUT2D eigenvalue weighted by molar-refractivity contribution is 0.138. The Morgan fingerprint density at radius 1 is 0.933 bits per heavy atom. The van der Waals surface area contributed by atoms with Crippen LogP contribution in [0, 0.1) is 0 Å². The van der Waals surface area contributed by atoms with Gasteiger partial charge in [-0.2, -0.15) is 0 Å². The number of pyridine rings is 1. The fourth-order valence-electron chi connectivity index (χ4n) is 3.43. The van der Waals surface area contributed by atoms with Crippen LogP contribution in [0.15, 0.2) is 85.2 Å². The number of aliphatic hydroxyl groups is 1. The molecule has 0 aliphatic rings. The molecule has 5 heteroatoms. The Kier molecular flexibility index (Phi) is 8.42. The third-order valence-electron chi connectivity index (χ3n) is 5.04. The van der Waals surface area contributed by atoms with E-state index in [0.717, 1.165) is 24.0 Å². The molecule has 156 valence electrons. The Balaban J connectivity index is 1.52. The predicted octanol–water partition coefficient (Wildman–Crippen LogP) is 4.40. The zero-order valence-corrected chi connectivity index (χ0v) is 17.1. The van der Waals surface area contributed by atoms with Gasteiger partial charge in [-0.05, 0) is 48.4 Å². The number of benzene rings is 2. The number of amides is 2. The first-order valence-electron chi connectivity index (χ1n) is 10.4. The normalized spacial score (nSPS) is 12.7. The third-order valence-corrected chi connectivity index (χ3v) is 5.04. The number of nitrogens with zero attached hydrogens (tertiary/aromatic N) is 1. The average molecular weight is 404 g/mol. The van der Waals surface area contributed by atoms with E-state index in [-0.39, 0.29) is 12.1 Å². The summed E-state index contributed by atoms with van der Waals surface area (Å²) in [6.07, 6.45) is 5.94. The van der Waals surface area contributed by atoms with Gasteiger partial charge in [-0.3, -0.25) is 4.98 Å². The largest absolute Gasteiger partial charge is 0.393 e. The Hall–Kier alpha value is -3.18. The molecule has 3 aromatic rings. The number of aryl methyl sites for hydroxylation is 1. The summed E-state index contributed by atoms with van der Waals surface area (Å²) in [6.45, 7) is 0.404. The van der Waals surface area contributed by atoms with Crippen LogP contribution >= 0.6 is 0 Å². The molecule has 2 amide bonds. The van der Waals surface area contributed by atoms with E-state index in [0.29, 0.717) is 19.4 Å². The van der Waals surface area contributed by atoms with Gasteiger partial charge < -0.3 is 15.7 Å². The van der Waals surface area contributed by atoms with Gasteiger partial charge in [0.25, 0.3) is 0 Å². The SMILES string of the molecule is O=C(NCc1cccnc1)NC(C[C@@H](O)CCCc1ccccc1)c1ccccc1. The molecule has 0 aliphatic heterocycles. The molecular weight excluding hydrogens is 374 g/mol. The highest BCUT2D eigenvalue weighted by Crippen LogP contribution is 2.21. The second-order valence-corrected chi connectivity index (χ2v) is 7.42. The van der Waals surface area contributed by atoms with Crippen LogP contribution in [-0.4, -0.2) is 22.2 Å². The minimum absolute atomic E-state index is 0.258. The molecule has 30 heavy (non-hydrogen) atoms. The van der Waals surface area contributed by atoms with Gasteiger partial charge in [-0.1, -0.05) is 66.7 Å². The van der Waals surface area contributed by atoms with E-state index in [4.69, 9.17) is 0 Å². The number of hydrogen-bond acceptors (Lipinski definition) is 3. The lowest BCUT2D eigenvalue weighted by Crippen LogP contribution is -2.38. The van der Waals surface area contributed by atoms with Crippen LogP contribution in [0.4, 0.5) is 4.79 Å². The van der Waals surface area contributed by atoms with Crippen LogP contribution in [0.5, 0.6) is 0 Å². The van der Waals surface area contributed by atoms with Crippen molar-refractivity contribution in [1.29, 1.82) is 0 Å². The number of rotatable bonds is 10. The monoisotopic (exact) mass is 403 g/mol. The number of carbonyl (C=O) groups excluding carboxylic acids is 1. The summed E-state index contributed by atoms with van der Waals surface area (Å²) in [7, 11) is 0. The molecular formula is C25H29N3O2. The minimum Gasteiger partial charge on any atom is -0.393 e. The van der Waals surface area contributed by atoms with Crippen LogP contribution in [0.1, 0.15) is 42.0 Å². The van der Waals surface area contributed by atoms with Crippen molar-refractivity contribution >= 4 is 6.03 Å². The van der Waals surface area contributed by atoms with Gasteiger partial charge in [-0.25, -0.2) is 4.79 Å². The summed E-state index contributed by atoms with van der Waals surface area (Å²) in [5, 5.41) is 16.5. The van der Waals surface area contributed by atoms with Crippen LogP contribution in [-0.2, 0) is 13.0 Å². The maximum absolute atomic E-state index is 12.5. The Bertz CT molecular complexity index is 873. The van der Waals surface area contributed by atoms with Crippen LogP contribution < -0.4 is 10.6 Å². The van der Waals surface area contributed by atoms with E-state index in [1.165, 1.54) is 5.56 Å². The van der Waals surface area contributed by atoms with Gasteiger partial charge >= 0.3 is 6.03 Å². The molecule has 0 saturated carbocycles. The number of hydrogen-bond donors (Lipinski definition) is 3. The molecule has 1 heterocycles. The first kappa shape index (κ1) is 21.5. The topological polar surface area (TPSA) is 74.2 Å². The number of aliphatic hydroxyl groups excluding tert-OH is 1. The molecule has 3 N–H and O–H groups in total. The maximum atomic E-state index is 12.5. The van der Waals surface area contributed by atoms with Crippen molar-refractivity contribution in [3.63, 3.8) is 0 Å². The maximum Gasteiger partial charge on any atom is 0.315 e. The van der Waals surface area contributed by atoms with Crippen molar-refractivity contribution in [2.75, 3.05) is 0 Å². The van der Waals surface area contributed by atoms with E-state index in [1.807, 2.05) is 60.7 Å². The number of carbonyl (C=O) groups is 1. The first-order valence-corrected chi connectivity index (χ1v) is 10.4. The molecule has 0 aliphatic carbocycles. The number of urea groups is 1. The smallest absolute Gasteiger partial charge is 0.315 e. The highest BCUT2D eigenvalue weighted by molar-refractivity contribution is 5.74. The summed E-state index contributed by atoms with van der Waals surface area (Å²) in [4.78, 5) is 16.5. The van der Waals surface area contributed by atoms with Gasteiger partial charge in [0.05, 0.1) is 12.1 Å². The Morgan fingerprint density at radius 2 is 1.63 bits per heavy atom. The average Bonchev–Trinajstić information content (AvgIpc) is 2.79. The Morgan fingerprint density at radius 3 is 2.33 bits per heavy atom. The third kappa shape index (κ3) is 7.33. The summed E-state index contributed by atoms with van der Waals surface area (Å²) in [5.74, 6) is 0. The van der Waals surface area contributed by atoms with Crippen molar-refractivity contribution in [1.82, 2.24) is 15.6 Å². The molecule has 3 rings (SSSR count). The van der Waals surface area contributed by atoms with Gasteiger partial charge in [0.15, 0.2) is 0 Å². The number of aromatic nitrogens is 1.